The van der Waals surface area contributed by atoms with Crippen molar-refractivity contribution < 1.29 is 19.1 Å². The van der Waals surface area contributed by atoms with Crippen LogP contribution < -0.4 is 15.4 Å². The van der Waals surface area contributed by atoms with Gasteiger partial charge in [0.2, 0.25) is 5.91 Å². The number of fused-ring (bicyclic) bond motifs is 1. The minimum atomic E-state index is -0.959. The lowest BCUT2D eigenvalue weighted by Gasteiger charge is -2.32. The molecule has 2 aromatic rings. The molecule has 0 bridgehead atoms. The Bertz CT molecular complexity index is 1030. The smallest absolute Gasteiger partial charge is 0.325 e. The molecule has 0 saturated carbocycles. The van der Waals surface area contributed by atoms with Crippen molar-refractivity contribution in [3.05, 3.63) is 65.2 Å². The third-order valence-electron chi connectivity index (χ3n) is 6.44. The summed E-state index contributed by atoms with van der Waals surface area (Å²) in [4.78, 5) is 39.8. The molecule has 32 heavy (non-hydrogen) atoms. The zero-order chi connectivity index (χ0) is 22.9. The topological polar surface area (TPSA) is 87.7 Å². The van der Waals surface area contributed by atoms with Crippen LogP contribution >= 0.6 is 0 Å². The minimum absolute atomic E-state index is 0.122. The Balaban J connectivity index is 1.45. The number of aryl methyl sites for hydroxylation is 1. The van der Waals surface area contributed by atoms with Gasteiger partial charge in [-0.3, -0.25) is 14.5 Å². The first-order valence-corrected chi connectivity index (χ1v) is 11.0. The number of urea groups is 1. The van der Waals surface area contributed by atoms with Crippen molar-refractivity contribution in [1.82, 2.24) is 15.5 Å². The number of imide groups is 1. The molecule has 0 aromatic heterocycles. The Kier molecular flexibility index (Phi) is 5.91. The summed E-state index contributed by atoms with van der Waals surface area (Å²) in [5.41, 5.74) is 2.25. The van der Waals surface area contributed by atoms with E-state index in [9.17, 15) is 14.4 Å². The molecule has 1 aliphatic heterocycles. The monoisotopic (exact) mass is 435 g/mol. The SMILES string of the molecule is COc1ccc(C(NC(=O)CN2C(=O)NC3(CCc4ccccc4C3)C2=O)C(C)C)cc1. The van der Waals surface area contributed by atoms with Gasteiger partial charge in [-0.1, -0.05) is 50.2 Å². The van der Waals surface area contributed by atoms with E-state index in [4.69, 9.17) is 4.74 Å². The zero-order valence-electron chi connectivity index (χ0n) is 18.7. The van der Waals surface area contributed by atoms with Crippen LogP contribution in [0.5, 0.6) is 5.75 Å². The molecular weight excluding hydrogens is 406 g/mol. The highest BCUT2D eigenvalue weighted by molar-refractivity contribution is 6.09. The average molecular weight is 436 g/mol. The van der Waals surface area contributed by atoms with Crippen molar-refractivity contribution in [2.24, 2.45) is 5.92 Å². The maximum Gasteiger partial charge on any atom is 0.325 e. The minimum Gasteiger partial charge on any atom is -0.497 e. The van der Waals surface area contributed by atoms with Crippen LogP contribution in [0, 0.1) is 5.92 Å². The highest BCUT2D eigenvalue weighted by atomic mass is 16.5. The fourth-order valence-electron chi connectivity index (χ4n) is 4.65. The molecule has 1 saturated heterocycles. The van der Waals surface area contributed by atoms with E-state index in [0.29, 0.717) is 12.8 Å². The fraction of sp³-hybridized carbons (Fsp3) is 0.400. The maximum absolute atomic E-state index is 13.2. The number of ether oxygens (including phenoxy) is 1. The molecule has 2 unspecified atom stereocenters. The zero-order valence-corrected chi connectivity index (χ0v) is 18.7. The number of nitrogens with zero attached hydrogens (tertiary/aromatic N) is 1. The number of benzene rings is 2. The van der Waals surface area contributed by atoms with E-state index < -0.39 is 11.6 Å². The van der Waals surface area contributed by atoms with Gasteiger partial charge in [-0.25, -0.2) is 4.79 Å². The normalized spacial score (nSPS) is 20.8. The Hall–Kier alpha value is -3.35. The molecule has 4 amide bonds. The van der Waals surface area contributed by atoms with E-state index in [0.717, 1.165) is 28.2 Å². The van der Waals surface area contributed by atoms with Gasteiger partial charge < -0.3 is 15.4 Å². The molecule has 1 aliphatic carbocycles. The van der Waals surface area contributed by atoms with Crippen molar-refractivity contribution >= 4 is 17.8 Å². The quantitative estimate of drug-likeness (QED) is 0.683. The predicted molar refractivity (Wildman–Crippen MR) is 120 cm³/mol. The van der Waals surface area contributed by atoms with Crippen LogP contribution in [-0.4, -0.2) is 41.9 Å². The number of amides is 4. The van der Waals surface area contributed by atoms with Crippen LogP contribution in [0.3, 0.4) is 0 Å². The van der Waals surface area contributed by atoms with E-state index in [1.54, 1.807) is 7.11 Å². The van der Waals surface area contributed by atoms with E-state index in [-0.39, 0.29) is 30.3 Å². The number of methoxy groups -OCH3 is 1. The Labute approximate surface area is 188 Å². The molecule has 2 N–H and O–H groups in total. The summed E-state index contributed by atoms with van der Waals surface area (Å²) >= 11 is 0. The number of hydrogen-bond donors (Lipinski definition) is 2. The van der Waals surface area contributed by atoms with Gasteiger partial charge in [0.1, 0.15) is 17.8 Å². The number of nitrogens with one attached hydrogen (secondary N) is 2. The molecule has 2 atom stereocenters. The van der Waals surface area contributed by atoms with Gasteiger partial charge in [-0.15, -0.1) is 0 Å². The second kappa shape index (κ2) is 8.65. The highest BCUT2D eigenvalue weighted by Crippen LogP contribution is 2.33. The van der Waals surface area contributed by atoms with Crippen molar-refractivity contribution in [2.45, 2.75) is 44.7 Å². The molecule has 7 nitrogen and oxygen atoms in total. The summed E-state index contributed by atoms with van der Waals surface area (Å²) in [7, 11) is 1.60. The fourth-order valence-corrected chi connectivity index (χ4v) is 4.65. The van der Waals surface area contributed by atoms with Crippen molar-refractivity contribution in [3.8, 4) is 5.75 Å². The molecule has 168 valence electrons. The molecular formula is C25H29N3O4. The second-order valence-corrected chi connectivity index (χ2v) is 8.91. The van der Waals surface area contributed by atoms with Gasteiger partial charge in [0.15, 0.2) is 0 Å². The largest absolute Gasteiger partial charge is 0.497 e. The average Bonchev–Trinajstić information content (AvgIpc) is 3.01. The summed E-state index contributed by atoms with van der Waals surface area (Å²) < 4.78 is 5.20. The van der Waals surface area contributed by atoms with Crippen molar-refractivity contribution in [2.75, 3.05) is 13.7 Å². The molecule has 1 spiro atoms. The molecule has 0 radical (unpaired) electrons. The lowest BCUT2D eigenvalue weighted by atomic mass is 9.78. The van der Waals surface area contributed by atoms with Crippen LogP contribution in [0.25, 0.3) is 0 Å². The van der Waals surface area contributed by atoms with Crippen LogP contribution in [-0.2, 0) is 22.4 Å². The van der Waals surface area contributed by atoms with Gasteiger partial charge in [0.25, 0.3) is 5.91 Å². The first-order chi connectivity index (χ1) is 15.3. The summed E-state index contributed by atoms with van der Waals surface area (Å²) in [6.45, 7) is 3.72. The number of hydrogen-bond acceptors (Lipinski definition) is 4. The molecule has 1 fully saturated rings. The van der Waals surface area contributed by atoms with Gasteiger partial charge >= 0.3 is 6.03 Å². The first kappa shape index (κ1) is 21.9. The van der Waals surface area contributed by atoms with Gasteiger partial charge in [-0.05, 0) is 47.6 Å². The lowest BCUT2D eigenvalue weighted by Crippen LogP contribution is -2.51. The van der Waals surface area contributed by atoms with Crippen LogP contribution in [0.4, 0.5) is 4.79 Å². The van der Waals surface area contributed by atoms with Gasteiger partial charge in [0.05, 0.1) is 13.2 Å². The second-order valence-electron chi connectivity index (χ2n) is 8.91. The number of rotatable bonds is 6. The summed E-state index contributed by atoms with van der Waals surface area (Å²) in [6, 6.07) is 14.7. The van der Waals surface area contributed by atoms with Crippen LogP contribution in [0.15, 0.2) is 48.5 Å². The van der Waals surface area contributed by atoms with Gasteiger partial charge in [0, 0.05) is 6.42 Å². The molecule has 2 aromatic carbocycles. The molecule has 7 heteroatoms. The molecule has 1 heterocycles. The Morgan fingerprint density at radius 3 is 2.47 bits per heavy atom. The summed E-state index contributed by atoms with van der Waals surface area (Å²) in [5, 5.41) is 5.87. The lowest BCUT2D eigenvalue weighted by molar-refractivity contribution is -0.135. The number of carbonyl (C=O) groups is 3. The Morgan fingerprint density at radius 2 is 1.81 bits per heavy atom. The van der Waals surface area contributed by atoms with Crippen molar-refractivity contribution in [1.29, 1.82) is 0 Å². The Morgan fingerprint density at radius 1 is 1.12 bits per heavy atom. The first-order valence-electron chi connectivity index (χ1n) is 11.0. The summed E-state index contributed by atoms with van der Waals surface area (Å²) in [5.74, 6) is 0.173. The van der Waals surface area contributed by atoms with Crippen LogP contribution in [0.2, 0.25) is 0 Å². The van der Waals surface area contributed by atoms with E-state index >= 15 is 0 Å². The van der Waals surface area contributed by atoms with Crippen molar-refractivity contribution in [3.63, 3.8) is 0 Å². The third-order valence-corrected chi connectivity index (χ3v) is 6.44. The molecule has 4 rings (SSSR count). The van der Waals surface area contributed by atoms with Gasteiger partial charge in [-0.2, -0.15) is 0 Å². The van der Waals surface area contributed by atoms with E-state index in [1.807, 2.05) is 56.3 Å². The highest BCUT2D eigenvalue weighted by Gasteiger charge is 2.52. The van der Waals surface area contributed by atoms with Crippen LogP contribution in [0.1, 0.15) is 43.0 Å². The summed E-state index contributed by atoms with van der Waals surface area (Å²) in [6.07, 6.45) is 1.70. The maximum atomic E-state index is 13.2. The predicted octanol–water partition coefficient (Wildman–Crippen LogP) is 2.99. The van der Waals surface area contributed by atoms with E-state index in [1.165, 1.54) is 5.56 Å². The number of carbonyl (C=O) groups excluding carboxylic acids is 3. The third kappa shape index (κ3) is 4.07. The van der Waals surface area contributed by atoms with E-state index in [2.05, 4.69) is 16.7 Å². The standard InChI is InChI=1S/C25H29N3O4/c1-16(2)22(18-8-10-20(32-3)11-9-18)26-21(29)15-28-23(30)25(27-24(28)31)13-12-17-6-4-5-7-19(17)14-25/h4-11,16,22H,12-15H2,1-3H3,(H,26,29)(H,27,31). The molecule has 2 aliphatic rings.